The second-order valence-corrected chi connectivity index (χ2v) is 6.60. The van der Waals surface area contributed by atoms with Crippen LogP contribution < -0.4 is 5.32 Å². The molecule has 0 aromatic carbocycles. The Kier molecular flexibility index (Phi) is 5.39. The van der Waals surface area contributed by atoms with Crippen LogP contribution in [0.4, 0.5) is 0 Å². The third-order valence-corrected chi connectivity index (χ3v) is 3.27. The van der Waals surface area contributed by atoms with Crippen molar-refractivity contribution in [3.63, 3.8) is 0 Å². The average Bonchev–Trinajstić information content (AvgIpc) is 2.60. The zero-order chi connectivity index (χ0) is 13.8. The van der Waals surface area contributed by atoms with Crippen molar-refractivity contribution >= 4 is 0 Å². The molecule has 0 fully saturated rings. The molecule has 0 aliphatic heterocycles. The number of nitrogens with zero attached hydrogens (tertiary/aromatic N) is 2. The maximum absolute atomic E-state index is 4.28. The fourth-order valence-corrected chi connectivity index (χ4v) is 2.81. The predicted octanol–water partition coefficient (Wildman–Crippen LogP) is 3.53. The summed E-state index contributed by atoms with van der Waals surface area (Å²) in [7, 11) is 2.02. The molecule has 0 bridgehead atoms. The molecule has 0 radical (unpaired) electrons. The van der Waals surface area contributed by atoms with E-state index in [0.29, 0.717) is 17.4 Å². The van der Waals surface area contributed by atoms with Gasteiger partial charge in [-0.1, -0.05) is 34.6 Å². The summed E-state index contributed by atoms with van der Waals surface area (Å²) >= 11 is 0. The summed E-state index contributed by atoms with van der Waals surface area (Å²) in [5, 5.41) is 7.86. The zero-order valence-corrected chi connectivity index (χ0v) is 12.8. The van der Waals surface area contributed by atoms with E-state index in [0.717, 1.165) is 6.54 Å². The summed E-state index contributed by atoms with van der Waals surface area (Å²) < 4.78 is 1.98. The van der Waals surface area contributed by atoms with Crippen LogP contribution in [0, 0.1) is 11.3 Å². The topological polar surface area (TPSA) is 29.9 Å². The van der Waals surface area contributed by atoms with Crippen LogP contribution in [0.15, 0.2) is 12.3 Å². The number of nitrogens with one attached hydrogen (secondary N) is 1. The van der Waals surface area contributed by atoms with E-state index in [1.54, 1.807) is 0 Å². The van der Waals surface area contributed by atoms with Crippen molar-refractivity contribution < 1.29 is 0 Å². The SMILES string of the molecule is CCNC(CC(C)CC(C)(C)C)c1ccnn1C. The van der Waals surface area contributed by atoms with Gasteiger partial charge < -0.3 is 5.32 Å². The lowest BCUT2D eigenvalue weighted by atomic mass is 9.82. The Morgan fingerprint density at radius 3 is 2.50 bits per heavy atom. The first-order valence-corrected chi connectivity index (χ1v) is 7.04. The van der Waals surface area contributed by atoms with Crippen LogP contribution in [0.25, 0.3) is 0 Å². The highest BCUT2D eigenvalue weighted by atomic mass is 15.3. The number of hydrogen-bond donors (Lipinski definition) is 1. The minimum atomic E-state index is 0.405. The van der Waals surface area contributed by atoms with Crippen molar-refractivity contribution in [1.82, 2.24) is 15.1 Å². The predicted molar refractivity (Wildman–Crippen MR) is 77.5 cm³/mol. The van der Waals surface area contributed by atoms with Crippen molar-refractivity contribution in [2.75, 3.05) is 6.54 Å². The molecule has 1 aromatic rings. The van der Waals surface area contributed by atoms with Crippen LogP contribution in [-0.2, 0) is 7.05 Å². The first-order chi connectivity index (χ1) is 8.33. The average molecular weight is 251 g/mol. The molecule has 3 nitrogen and oxygen atoms in total. The van der Waals surface area contributed by atoms with Gasteiger partial charge in [0.1, 0.15) is 0 Å². The molecule has 0 saturated carbocycles. The lowest BCUT2D eigenvalue weighted by molar-refractivity contribution is 0.273. The zero-order valence-electron chi connectivity index (χ0n) is 12.8. The molecule has 2 unspecified atom stereocenters. The number of aromatic nitrogens is 2. The molecule has 0 amide bonds. The van der Waals surface area contributed by atoms with E-state index in [-0.39, 0.29) is 0 Å². The summed E-state index contributed by atoms with van der Waals surface area (Å²) in [6, 6.07) is 2.54. The summed E-state index contributed by atoms with van der Waals surface area (Å²) in [6.45, 7) is 12.5. The summed E-state index contributed by atoms with van der Waals surface area (Å²) in [5.74, 6) is 0.712. The van der Waals surface area contributed by atoms with Crippen LogP contribution in [0.1, 0.15) is 59.2 Å². The second kappa shape index (κ2) is 6.37. The first kappa shape index (κ1) is 15.2. The summed E-state index contributed by atoms with van der Waals surface area (Å²) in [5.41, 5.74) is 1.69. The van der Waals surface area contributed by atoms with Crippen LogP contribution in [0.2, 0.25) is 0 Å². The molecule has 0 saturated heterocycles. The van der Waals surface area contributed by atoms with Gasteiger partial charge in [-0.2, -0.15) is 5.10 Å². The highest BCUT2D eigenvalue weighted by Crippen LogP contribution is 2.30. The summed E-state index contributed by atoms with van der Waals surface area (Å²) in [4.78, 5) is 0. The van der Waals surface area contributed by atoms with Crippen molar-refractivity contribution in [2.45, 2.75) is 53.5 Å². The molecule has 1 rings (SSSR count). The fraction of sp³-hybridized carbons (Fsp3) is 0.800. The maximum Gasteiger partial charge on any atom is 0.0550 e. The summed E-state index contributed by atoms with van der Waals surface area (Å²) in [6.07, 6.45) is 4.31. The number of rotatable bonds is 6. The Hall–Kier alpha value is -0.830. The third kappa shape index (κ3) is 4.81. The van der Waals surface area contributed by atoms with E-state index in [1.807, 2.05) is 17.9 Å². The normalized spacial score (nSPS) is 15.7. The van der Waals surface area contributed by atoms with E-state index < -0.39 is 0 Å². The van der Waals surface area contributed by atoms with Crippen molar-refractivity contribution in [3.05, 3.63) is 18.0 Å². The lowest BCUT2D eigenvalue weighted by Gasteiger charge is -2.27. The van der Waals surface area contributed by atoms with Gasteiger partial charge in [0, 0.05) is 19.3 Å². The molecule has 2 atom stereocenters. The van der Waals surface area contributed by atoms with Crippen LogP contribution >= 0.6 is 0 Å². The van der Waals surface area contributed by atoms with Gasteiger partial charge in [-0.3, -0.25) is 4.68 Å². The van der Waals surface area contributed by atoms with Gasteiger partial charge in [0.25, 0.3) is 0 Å². The van der Waals surface area contributed by atoms with E-state index in [4.69, 9.17) is 0 Å². The van der Waals surface area contributed by atoms with Crippen LogP contribution in [0.3, 0.4) is 0 Å². The maximum atomic E-state index is 4.28. The standard InChI is InChI=1S/C15H29N3/c1-7-16-13(14-8-9-17-18(14)6)10-12(2)11-15(3,4)5/h8-9,12-13,16H,7,10-11H2,1-6H3. The molecule has 104 valence electrons. The van der Waals surface area contributed by atoms with E-state index in [9.17, 15) is 0 Å². The van der Waals surface area contributed by atoms with Gasteiger partial charge in [-0.15, -0.1) is 0 Å². The Bertz CT molecular complexity index is 349. The largest absolute Gasteiger partial charge is 0.309 e. The van der Waals surface area contributed by atoms with Gasteiger partial charge in [0.15, 0.2) is 0 Å². The molecule has 1 heterocycles. The minimum Gasteiger partial charge on any atom is -0.309 e. The third-order valence-electron chi connectivity index (χ3n) is 3.27. The Morgan fingerprint density at radius 1 is 1.39 bits per heavy atom. The molecule has 18 heavy (non-hydrogen) atoms. The molecule has 0 aliphatic carbocycles. The molecule has 1 aromatic heterocycles. The quantitative estimate of drug-likeness (QED) is 0.838. The Balaban J connectivity index is 2.67. The van der Waals surface area contributed by atoms with Crippen molar-refractivity contribution in [1.29, 1.82) is 0 Å². The Labute approximate surface area is 112 Å². The molecule has 0 aliphatic rings. The van der Waals surface area contributed by atoms with E-state index in [2.05, 4.69) is 51.1 Å². The number of aryl methyl sites for hydroxylation is 1. The van der Waals surface area contributed by atoms with Gasteiger partial charge in [-0.25, -0.2) is 0 Å². The van der Waals surface area contributed by atoms with E-state index >= 15 is 0 Å². The highest BCUT2D eigenvalue weighted by molar-refractivity contribution is 5.06. The molecular formula is C15H29N3. The smallest absolute Gasteiger partial charge is 0.0550 e. The van der Waals surface area contributed by atoms with E-state index in [1.165, 1.54) is 18.5 Å². The van der Waals surface area contributed by atoms with Gasteiger partial charge in [0.05, 0.1) is 5.69 Å². The minimum absolute atomic E-state index is 0.405. The lowest BCUT2D eigenvalue weighted by Crippen LogP contribution is -2.26. The van der Waals surface area contributed by atoms with Gasteiger partial charge >= 0.3 is 0 Å². The fourth-order valence-electron chi connectivity index (χ4n) is 2.81. The van der Waals surface area contributed by atoms with Gasteiger partial charge in [-0.05, 0) is 36.8 Å². The van der Waals surface area contributed by atoms with Crippen LogP contribution in [0.5, 0.6) is 0 Å². The molecule has 0 spiro atoms. The highest BCUT2D eigenvalue weighted by Gasteiger charge is 2.21. The second-order valence-electron chi connectivity index (χ2n) is 6.60. The van der Waals surface area contributed by atoms with Gasteiger partial charge in [0.2, 0.25) is 0 Å². The molecule has 1 N–H and O–H groups in total. The molecule has 3 heteroatoms. The van der Waals surface area contributed by atoms with Crippen LogP contribution in [-0.4, -0.2) is 16.3 Å². The molecular weight excluding hydrogens is 222 g/mol. The first-order valence-electron chi connectivity index (χ1n) is 7.04. The Morgan fingerprint density at radius 2 is 2.06 bits per heavy atom. The monoisotopic (exact) mass is 251 g/mol. The number of hydrogen-bond acceptors (Lipinski definition) is 2. The van der Waals surface area contributed by atoms with Crippen molar-refractivity contribution in [2.24, 2.45) is 18.4 Å². The van der Waals surface area contributed by atoms with Crippen molar-refractivity contribution in [3.8, 4) is 0 Å².